The molecule has 1 unspecified atom stereocenters. The van der Waals surface area contributed by atoms with Crippen molar-refractivity contribution in [3.63, 3.8) is 0 Å². The second-order valence-electron chi connectivity index (χ2n) is 4.71. The molecule has 0 aliphatic rings. The van der Waals surface area contributed by atoms with Crippen molar-refractivity contribution in [3.05, 3.63) is 35.6 Å². The Morgan fingerprint density at radius 1 is 1.27 bits per heavy atom. The molecule has 0 radical (unpaired) electrons. The van der Waals surface area contributed by atoms with Crippen LogP contribution in [0.5, 0.6) is 0 Å². The fourth-order valence-electron chi connectivity index (χ4n) is 1.81. The molecule has 0 aliphatic heterocycles. The maximum Gasteiger partial charge on any atom is 0.314 e. The first-order valence-electron chi connectivity index (χ1n) is 7.05. The highest BCUT2D eigenvalue weighted by atomic mass is 19.1. The molecule has 0 saturated carbocycles. The van der Waals surface area contributed by atoms with Crippen molar-refractivity contribution < 1.29 is 23.8 Å². The molecule has 0 heterocycles. The minimum atomic E-state index is -1.11. The Kier molecular flexibility index (Phi) is 7.91. The quantitative estimate of drug-likeness (QED) is 0.501. The molecule has 1 atom stereocenters. The first-order valence-corrected chi connectivity index (χ1v) is 7.05. The summed E-state index contributed by atoms with van der Waals surface area (Å²) in [6.45, 7) is 0.313. The van der Waals surface area contributed by atoms with Gasteiger partial charge in [0.15, 0.2) is 0 Å². The van der Waals surface area contributed by atoms with Gasteiger partial charge in [-0.05, 0) is 18.9 Å². The van der Waals surface area contributed by atoms with E-state index >= 15 is 0 Å². The van der Waals surface area contributed by atoms with Crippen molar-refractivity contribution >= 4 is 12.0 Å². The van der Waals surface area contributed by atoms with Crippen molar-refractivity contribution in [1.82, 2.24) is 10.6 Å². The minimum absolute atomic E-state index is 0.0884. The van der Waals surface area contributed by atoms with Crippen LogP contribution in [0.1, 0.15) is 30.9 Å². The molecule has 2 amide bonds. The van der Waals surface area contributed by atoms with Crippen LogP contribution in [0, 0.1) is 5.82 Å². The van der Waals surface area contributed by atoms with E-state index < -0.39 is 18.0 Å². The van der Waals surface area contributed by atoms with Gasteiger partial charge in [0.1, 0.15) is 5.82 Å². The molecule has 0 aromatic heterocycles. The van der Waals surface area contributed by atoms with Crippen LogP contribution in [0.3, 0.4) is 0 Å². The molecular formula is C15H21FN2O4. The topological polar surface area (TPSA) is 87.7 Å². The summed E-state index contributed by atoms with van der Waals surface area (Å²) in [5, 5.41) is 14.9. The number of urea groups is 1. The van der Waals surface area contributed by atoms with Gasteiger partial charge in [0.2, 0.25) is 0 Å². The van der Waals surface area contributed by atoms with Crippen molar-refractivity contribution in [2.75, 3.05) is 20.2 Å². The van der Waals surface area contributed by atoms with E-state index in [0.717, 1.165) is 0 Å². The van der Waals surface area contributed by atoms with Gasteiger partial charge in [-0.2, -0.15) is 0 Å². The lowest BCUT2D eigenvalue weighted by molar-refractivity contribution is -0.140. The normalized spacial score (nSPS) is 11.6. The van der Waals surface area contributed by atoms with E-state index in [2.05, 4.69) is 15.4 Å². The summed E-state index contributed by atoms with van der Waals surface area (Å²) in [6, 6.07) is 5.41. The Morgan fingerprint density at radius 2 is 2.00 bits per heavy atom. The molecule has 1 aromatic rings. The second-order valence-corrected chi connectivity index (χ2v) is 4.71. The maximum atomic E-state index is 13.4. The summed E-state index contributed by atoms with van der Waals surface area (Å²) in [4.78, 5) is 22.4. The lowest BCUT2D eigenvalue weighted by Gasteiger charge is -2.13. The van der Waals surface area contributed by atoms with Gasteiger partial charge in [-0.15, -0.1) is 0 Å². The van der Waals surface area contributed by atoms with E-state index in [1.54, 1.807) is 6.07 Å². The molecule has 1 aromatic carbocycles. The third-order valence-electron chi connectivity index (χ3n) is 3.04. The Hall–Kier alpha value is -2.15. The van der Waals surface area contributed by atoms with Gasteiger partial charge in [0.05, 0.1) is 13.2 Å². The molecule has 1 rings (SSSR count). The number of halogens is 1. The monoisotopic (exact) mass is 312 g/mol. The number of hydrogen-bond acceptors (Lipinski definition) is 4. The molecular weight excluding hydrogens is 291 g/mol. The van der Waals surface area contributed by atoms with Crippen molar-refractivity contribution in [1.29, 1.82) is 0 Å². The van der Waals surface area contributed by atoms with Gasteiger partial charge >= 0.3 is 12.0 Å². The third kappa shape index (κ3) is 6.53. The average Bonchev–Trinajstić information content (AvgIpc) is 2.52. The predicted molar refractivity (Wildman–Crippen MR) is 78.6 cm³/mol. The van der Waals surface area contributed by atoms with Crippen molar-refractivity contribution in [2.45, 2.75) is 25.4 Å². The van der Waals surface area contributed by atoms with Crippen LogP contribution in [-0.4, -0.2) is 37.3 Å². The second kappa shape index (κ2) is 9.73. The van der Waals surface area contributed by atoms with E-state index in [1.807, 2.05) is 0 Å². The number of benzene rings is 1. The molecule has 3 N–H and O–H groups in total. The number of ether oxygens (including phenoxy) is 1. The zero-order valence-corrected chi connectivity index (χ0v) is 12.5. The van der Waals surface area contributed by atoms with Crippen LogP contribution in [0.2, 0.25) is 0 Å². The average molecular weight is 312 g/mol. The highest BCUT2D eigenvalue weighted by Crippen LogP contribution is 2.15. The molecule has 6 nitrogen and oxygen atoms in total. The van der Waals surface area contributed by atoms with Crippen LogP contribution in [-0.2, 0) is 9.53 Å². The third-order valence-corrected chi connectivity index (χ3v) is 3.04. The van der Waals surface area contributed by atoms with Gasteiger partial charge < -0.3 is 20.5 Å². The molecule has 7 heteroatoms. The molecule has 122 valence electrons. The van der Waals surface area contributed by atoms with Crippen LogP contribution in [0.25, 0.3) is 0 Å². The van der Waals surface area contributed by atoms with Gasteiger partial charge in [-0.25, -0.2) is 9.18 Å². The number of methoxy groups -OCH3 is 1. The summed E-state index contributed by atoms with van der Waals surface area (Å²) in [6.07, 6.45) is 0.459. The smallest absolute Gasteiger partial charge is 0.314 e. The molecule has 22 heavy (non-hydrogen) atoms. The summed E-state index contributed by atoms with van der Waals surface area (Å²) < 4.78 is 17.9. The fourth-order valence-corrected chi connectivity index (χ4v) is 1.81. The van der Waals surface area contributed by atoms with E-state index in [4.69, 9.17) is 0 Å². The highest BCUT2D eigenvalue weighted by molar-refractivity contribution is 5.73. The standard InChI is InChI=1S/C15H21FN2O4/c1-22-14(20)8-4-5-9-17-15(21)18-10-13(19)11-6-2-3-7-12(11)16/h2-3,6-7,13,19H,4-5,8-10H2,1H3,(H2,17,18,21). The summed E-state index contributed by atoms with van der Waals surface area (Å²) in [5.41, 5.74) is 0.140. The van der Waals surface area contributed by atoms with Crippen LogP contribution in [0.15, 0.2) is 24.3 Å². The Bertz CT molecular complexity index is 496. The Labute approximate surface area is 128 Å². The minimum Gasteiger partial charge on any atom is -0.469 e. The lowest BCUT2D eigenvalue weighted by Crippen LogP contribution is -2.38. The van der Waals surface area contributed by atoms with E-state index in [9.17, 15) is 19.1 Å². The Morgan fingerprint density at radius 3 is 2.68 bits per heavy atom. The zero-order valence-electron chi connectivity index (χ0n) is 12.5. The van der Waals surface area contributed by atoms with Crippen LogP contribution in [0.4, 0.5) is 9.18 Å². The van der Waals surface area contributed by atoms with Crippen LogP contribution >= 0.6 is 0 Å². The van der Waals surface area contributed by atoms with Gasteiger partial charge in [0.25, 0.3) is 0 Å². The lowest BCUT2D eigenvalue weighted by atomic mass is 10.1. The summed E-state index contributed by atoms with van der Waals surface area (Å²) in [7, 11) is 1.33. The van der Waals surface area contributed by atoms with Gasteiger partial charge in [-0.3, -0.25) is 4.79 Å². The number of amides is 2. The summed E-state index contributed by atoms with van der Waals surface area (Å²) >= 11 is 0. The maximum absolute atomic E-state index is 13.4. The first-order chi connectivity index (χ1) is 10.5. The summed E-state index contributed by atoms with van der Waals surface area (Å²) in [5.74, 6) is -0.794. The molecule has 0 aliphatic carbocycles. The molecule has 0 bridgehead atoms. The number of rotatable bonds is 8. The number of aliphatic hydroxyl groups is 1. The number of carbonyl (C=O) groups is 2. The highest BCUT2D eigenvalue weighted by Gasteiger charge is 2.13. The number of carbonyl (C=O) groups excluding carboxylic acids is 2. The van der Waals surface area contributed by atoms with E-state index in [1.165, 1.54) is 25.3 Å². The zero-order chi connectivity index (χ0) is 16.4. The largest absolute Gasteiger partial charge is 0.469 e. The van der Waals surface area contributed by atoms with E-state index in [0.29, 0.717) is 25.8 Å². The SMILES string of the molecule is COC(=O)CCCCNC(=O)NCC(O)c1ccccc1F. The van der Waals surface area contributed by atoms with Crippen molar-refractivity contribution in [2.24, 2.45) is 0 Å². The Balaban J connectivity index is 2.18. The number of aliphatic hydroxyl groups excluding tert-OH is 1. The fraction of sp³-hybridized carbons (Fsp3) is 0.467. The van der Waals surface area contributed by atoms with Crippen LogP contribution < -0.4 is 10.6 Å². The van der Waals surface area contributed by atoms with Crippen molar-refractivity contribution in [3.8, 4) is 0 Å². The van der Waals surface area contributed by atoms with Gasteiger partial charge in [0, 0.05) is 25.1 Å². The van der Waals surface area contributed by atoms with E-state index in [-0.39, 0.29) is 18.1 Å². The number of esters is 1. The first kappa shape index (κ1) is 17.9. The number of hydrogen-bond donors (Lipinski definition) is 3. The molecule has 0 fully saturated rings. The number of unbranched alkanes of at least 4 members (excludes halogenated alkanes) is 1. The molecule has 0 saturated heterocycles. The van der Waals surface area contributed by atoms with Gasteiger partial charge in [-0.1, -0.05) is 18.2 Å². The number of nitrogens with one attached hydrogen (secondary N) is 2. The molecule has 0 spiro atoms. The predicted octanol–water partition coefficient (Wildman–Crippen LogP) is 1.50.